The zero-order chi connectivity index (χ0) is 11.6. The Morgan fingerprint density at radius 1 is 1.00 bits per heavy atom. The lowest BCUT2D eigenvalue weighted by molar-refractivity contribution is -0.445. The van der Waals surface area contributed by atoms with Gasteiger partial charge in [-0.15, -0.1) is 5.43 Å². The Balaban J connectivity index is 0.000000181. The van der Waals surface area contributed by atoms with E-state index in [0.717, 1.165) is 0 Å². The van der Waals surface area contributed by atoms with Crippen molar-refractivity contribution in [2.24, 2.45) is 0 Å². The molecule has 1 aromatic heterocycles. The highest BCUT2D eigenvalue weighted by atomic mass is 16.7. The lowest BCUT2D eigenvalue weighted by Gasteiger charge is -1.93. The van der Waals surface area contributed by atoms with E-state index in [1.165, 1.54) is 0 Å². The summed E-state index contributed by atoms with van der Waals surface area (Å²) in [6, 6.07) is 14.2. The quantitative estimate of drug-likeness (QED) is 0.619. The summed E-state index contributed by atoms with van der Waals surface area (Å²) >= 11 is 0. The molecule has 0 aliphatic rings. The number of nitro groups is 1. The Bertz CT molecular complexity index is 379. The van der Waals surface area contributed by atoms with Crippen molar-refractivity contribution in [3.8, 4) is 0 Å². The maximum atomic E-state index is 9.86. The highest BCUT2D eigenvalue weighted by Crippen LogP contribution is 2.03. The van der Waals surface area contributed by atoms with E-state index in [9.17, 15) is 10.1 Å². The number of hydrogen-bond donors (Lipinski definition) is 1. The number of para-hydroxylation sites is 1. The third-order valence-electron chi connectivity index (χ3n) is 1.56. The van der Waals surface area contributed by atoms with Crippen LogP contribution < -0.4 is 5.43 Å². The average molecular weight is 217 g/mol. The van der Waals surface area contributed by atoms with Gasteiger partial charge in [-0.2, -0.15) is 0 Å². The van der Waals surface area contributed by atoms with Crippen molar-refractivity contribution >= 4 is 5.69 Å². The summed E-state index contributed by atoms with van der Waals surface area (Å²) in [6.07, 6.45) is 3.50. The Labute approximate surface area is 92.9 Å². The number of pyridine rings is 1. The third kappa shape index (κ3) is 5.33. The Kier molecular flexibility index (Phi) is 5.05. The molecule has 1 heterocycles. The highest BCUT2D eigenvalue weighted by molar-refractivity contribution is 5.39. The zero-order valence-corrected chi connectivity index (χ0v) is 8.48. The summed E-state index contributed by atoms with van der Waals surface area (Å²) in [5.74, 6) is 0. The number of nitrogens with zero attached hydrogens (tertiary/aromatic N) is 2. The summed E-state index contributed by atoms with van der Waals surface area (Å²) in [5, 5.41) is 9.28. The normalized spacial score (nSPS) is 8.50. The molecule has 0 unspecified atom stereocenters. The fraction of sp³-hybridized carbons (Fsp3) is 0. The zero-order valence-electron chi connectivity index (χ0n) is 8.48. The minimum absolute atomic E-state index is 0.493. The van der Waals surface area contributed by atoms with Crippen LogP contribution in [0.3, 0.4) is 0 Å². The Morgan fingerprint density at radius 2 is 1.56 bits per heavy atom. The van der Waals surface area contributed by atoms with Gasteiger partial charge in [0, 0.05) is 12.4 Å². The molecule has 5 heteroatoms. The smallest absolute Gasteiger partial charge is 0.162 e. The molecule has 0 aliphatic heterocycles. The minimum atomic E-state index is -0.588. The van der Waals surface area contributed by atoms with Crippen LogP contribution in [0.2, 0.25) is 0 Å². The first-order valence-corrected chi connectivity index (χ1v) is 4.60. The van der Waals surface area contributed by atoms with Crippen LogP contribution >= 0.6 is 0 Å². The van der Waals surface area contributed by atoms with Gasteiger partial charge in [-0.3, -0.25) is 4.98 Å². The molecule has 16 heavy (non-hydrogen) atoms. The van der Waals surface area contributed by atoms with E-state index >= 15 is 0 Å². The Hall–Kier alpha value is -2.43. The van der Waals surface area contributed by atoms with Crippen molar-refractivity contribution in [2.45, 2.75) is 0 Å². The molecule has 0 saturated carbocycles. The molecular formula is C11H11N3O2. The van der Waals surface area contributed by atoms with Crippen LogP contribution in [-0.4, -0.2) is 10.0 Å². The molecule has 1 N–H and O–H groups in total. The van der Waals surface area contributed by atoms with Gasteiger partial charge in [0.25, 0.3) is 0 Å². The molecule has 5 nitrogen and oxygen atoms in total. The van der Waals surface area contributed by atoms with Gasteiger partial charge >= 0.3 is 0 Å². The number of nitrogens with one attached hydrogen (secondary N) is 1. The van der Waals surface area contributed by atoms with Crippen molar-refractivity contribution in [1.82, 2.24) is 4.98 Å². The van der Waals surface area contributed by atoms with Gasteiger partial charge in [0.2, 0.25) is 0 Å². The number of rotatable bonds is 2. The van der Waals surface area contributed by atoms with Crippen LogP contribution in [0.5, 0.6) is 0 Å². The molecule has 0 atom stereocenters. The lowest BCUT2D eigenvalue weighted by atomic mass is 10.3. The maximum Gasteiger partial charge on any atom is 0.162 e. The molecule has 0 amide bonds. The second-order valence-electron chi connectivity index (χ2n) is 2.76. The van der Waals surface area contributed by atoms with E-state index in [1.54, 1.807) is 42.7 Å². The van der Waals surface area contributed by atoms with Gasteiger partial charge in [0.05, 0.1) is 0 Å². The van der Waals surface area contributed by atoms with Crippen molar-refractivity contribution in [3.05, 3.63) is 71.0 Å². The summed E-state index contributed by atoms with van der Waals surface area (Å²) in [5.41, 5.74) is 2.52. The van der Waals surface area contributed by atoms with Crippen molar-refractivity contribution < 1.29 is 5.03 Å². The number of aromatic nitrogens is 1. The second kappa shape index (κ2) is 6.94. The molecule has 0 spiro atoms. The van der Waals surface area contributed by atoms with Crippen LogP contribution in [-0.2, 0) is 0 Å². The van der Waals surface area contributed by atoms with Gasteiger partial charge in [0.1, 0.15) is 5.69 Å². The van der Waals surface area contributed by atoms with Crippen LogP contribution in [0.15, 0.2) is 60.9 Å². The largest absolute Gasteiger partial charge is 0.265 e. The molecule has 0 fully saturated rings. The van der Waals surface area contributed by atoms with Crippen LogP contribution in [0.25, 0.3) is 0 Å². The standard InChI is InChI=1S/C6H6N2O2.C5H5N/c9-8(10)7-6-4-2-1-3-5-6;1-2-4-6-5-3-1/h1-5,7H;1-5H. The fourth-order valence-electron chi connectivity index (χ4n) is 0.931. The van der Waals surface area contributed by atoms with E-state index < -0.39 is 5.03 Å². The molecule has 1 aromatic carbocycles. The lowest BCUT2D eigenvalue weighted by Crippen LogP contribution is -2.06. The molecule has 0 bridgehead atoms. The van der Waals surface area contributed by atoms with Crippen molar-refractivity contribution in [1.29, 1.82) is 0 Å². The Morgan fingerprint density at radius 3 is 1.94 bits per heavy atom. The third-order valence-corrected chi connectivity index (χ3v) is 1.56. The summed E-state index contributed by atoms with van der Waals surface area (Å²) in [4.78, 5) is 13.6. The van der Waals surface area contributed by atoms with Crippen LogP contribution in [0.1, 0.15) is 0 Å². The molecule has 0 radical (unpaired) electrons. The molecule has 0 saturated heterocycles. The van der Waals surface area contributed by atoms with E-state index in [0.29, 0.717) is 5.69 Å². The molecular weight excluding hydrogens is 206 g/mol. The topological polar surface area (TPSA) is 68.1 Å². The summed E-state index contributed by atoms with van der Waals surface area (Å²) < 4.78 is 0. The monoisotopic (exact) mass is 217 g/mol. The molecule has 2 rings (SSSR count). The maximum absolute atomic E-state index is 9.86. The van der Waals surface area contributed by atoms with E-state index in [-0.39, 0.29) is 0 Å². The van der Waals surface area contributed by atoms with Gasteiger partial charge in [-0.1, -0.05) is 24.3 Å². The SMILES string of the molecule is O=[N+]([O-])Nc1ccccc1.c1ccncc1. The van der Waals surface area contributed by atoms with E-state index in [1.807, 2.05) is 23.6 Å². The first kappa shape index (κ1) is 11.6. The number of anilines is 1. The van der Waals surface area contributed by atoms with Gasteiger partial charge in [-0.05, 0) is 24.3 Å². The summed E-state index contributed by atoms with van der Waals surface area (Å²) in [7, 11) is 0. The van der Waals surface area contributed by atoms with E-state index in [4.69, 9.17) is 0 Å². The predicted octanol–water partition coefficient (Wildman–Crippen LogP) is 2.37. The molecule has 0 aliphatic carbocycles. The number of benzene rings is 1. The fourth-order valence-corrected chi connectivity index (χ4v) is 0.931. The minimum Gasteiger partial charge on any atom is -0.265 e. The van der Waals surface area contributed by atoms with Gasteiger partial charge in [0.15, 0.2) is 5.03 Å². The predicted molar refractivity (Wildman–Crippen MR) is 61.3 cm³/mol. The van der Waals surface area contributed by atoms with Gasteiger partial charge in [-0.25, -0.2) is 10.1 Å². The highest BCUT2D eigenvalue weighted by Gasteiger charge is 1.93. The summed E-state index contributed by atoms with van der Waals surface area (Å²) in [6.45, 7) is 0. The van der Waals surface area contributed by atoms with Crippen LogP contribution in [0.4, 0.5) is 5.69 Å². The molecule has 2 aromatic rings. The van der Waals surface area contributed by atoms with Crippen molar-refractivity contribution in [2.75, 3.05) is 5.43 Å². The van der Waals surface area contributed by atoms with Gasteiger partial charge < -0.3 is 0 Å². The number of hydrogen-bond acceptors (Lipinski definition) is 3. The number of hydrazine groups is 1. The van der Waals surface area contributed by atoms with Crippen LogP contribution in [0, 0.1) is 10.1 Å². The average Bonchev–Trinajstić information content (AvgIpc) is 2.32. The van der Waals surface area contributed by atoms with Crippen molar-refractivity contribution in [3.63, 3.8) is 0 Å². The van der Waals surface area contributed by atoms with E-state index in [2.05, 4.69) is 4.98 Å². The first-order chi connectivity index (χ1) is 7.79. The second-order valence-corrected chi connectivity index (χ2v) is 2.76. The first-order valence-electron chi connectivity index (χ1n) is 4.60. The molecule has 82 valence electrons.